The smallest absolute Gasteiger partial charge is 0.220 e. The quantitative estimate of drug-likeness (QED) is 0.0326. The van der Waals surface area contributed by atoms with E-state index in [0.717, 1.165) is 62.7 Å². The number of unbranched alkanes of at least 4 members (excludes halogenated alkanes) is 33. The zero-order valence-electron chi connectivity index (χ0n) is 47.0. The summed E-state index contributed by atoms with van der Waals surface area (Å²) >= 11 is 0. The van der Waals surface area contributed by atoms with Crippen LogP contribution in [0.4, 0.5) is 0 Å². The van der Waals surface area contributed by atoms with Crippen LogP contribution in [0.2, 0.25) is 0 Å². The van der Waals surface area contributed by atoms with Crippen molar-refractivity contribution in [3.63, 3.8) is 0 Å². The molecule has 10 nitrogen and oxygen atoms in total. The Labute approximate surface area is 442 Å². The molecule has 424 valence electrons. The average Bonchev–Trinajstić information content (AvgIpc) is 3.36. The Morgan fingerprint density at radius 2 is 0.944 bits per heavy atom. The van der Waals surface area contributed by atoms with E-state index in [-0.39, 0.29) is 12.5 Å². The molecule has 0 aromatic carbocycles. The lowest BCUT2D eigenvalue weighted by Gasteiger charge is -2.57. The number of amides is 1. The van der Waals surface area contributed by atoms with Gasteiger partial charge in [0, 0.05) is 13.0 Å². The van der Waals surface area contributed by atoms with Gasteiger partial charge in [0.15, 0.2) is 6.29 Å². The van der Waals surface area contributed by atoms with Gasteiger partial charge < -0.3 is 45.1 Å². The molecule has 0 aromatic rings. The number of aliphatic hydroxyl groups is 5. The first kappa shape index (κ1) is 63.7. The third kappa shape index (κ3) is 26.0. The van der Waals surface area contributed by atoms with Crippen LogP contribution >= 0.6 is 0 Å². The summed E-state index contributed by atoms with van der Waals surface area (Å²) in [6, 6.07) is -0.955. The molecule has 1 aliphatic heterocycles. The predicted molar refractivity (Wildman–Crippen MR) is 295 cm³/mol. The first-order valence-corrected chi connectivity index (χ1v) is 31.7. The average molecular weight is 1020 g/mol. The molecule has 10 heteroatoms. The third-order valence-corrected chi connectivity index (χ3v) is 17.9. The van der Waals surface area contributed by atoms with Crippen LogP contribution in [0.15, 0.2) is 0 Å². The van der Waals surface area contributed by atoms with Crippen molar-refractivity contribution < 1.29 is 44.5 Å². The van der Waals surface area contributed by atoms with Crippen molar-refractivity contribution in [3.8, 4) is 0 Å². The second-order valence-corrected chi connectivity index (χ2v) is 24.5. The highest BCUT2D eigenvalue weighted by Crippen LogP contribution is 2.61. The fourth-order valence-electron chi connectivity index (χ4n) is 13.8. The van der Waals surface area contributed by atoms with Crippen molar-refractivity contribution in [2.24, 2.45) is 23.2 Å². The molecule has 4 aliphatic carbocycles. The fourth-order valence-corrected chi connectivity index (χ4v) is 13.8. The SMILES string of the molecule is CCCCCCCCCCCCCCCCCCCCCCCCCC(=O)N[C@@H](CO[C@H]1O[C@H](CO)[C@H](OCCC23CC4CC(CC(C4)C2)C3)[C@H](O)[C@H]1O)[C@H](O)[C@H](O)CCCCCCCCCCCCCC. The van der Waals surface area contributed by atoms with E-state index in [1.54, 1.807) is 0 Å². The van der Waals surface area contributed by atoms with Gasteiger partial charge in [-0.1, -0.05) is 232 Å². The van der Waals surface area contributed by atoms with Gasteiger partial charge >= 0.3 is 0 Å². The van der Waals surface area contributed by atoms with E-state index >= 15 is 0 Å². The third-order valence-electron chi connectivity index (χ3n) is 17.9. The topological polar surface area (TPSA) is 158 Å². The Balaban J connectivity index is 1.10. The normalized spacial score (nSPS) is 27.1. The number of hydrogen-bond acceptors (Lipinski definition) is 9. The number of hydrogen-bond donors (Lipinski definition) is 6. The van der Waals surface area contributed by atoms with Crippen molar-refractivity contribution in [2.45, 2.75) is 345 Å². The minimum atomic E-state index is -1.47. The highest BCUT2D eigenvalue weighted by atomic mass is 16.7. The van der Waals surface area contributed by atoms with Gasteiger partial charge in [-0.05, 0) is 81.0 Å². The maximum atomic E-state index is 13.4. The molecule has 5 fully saturated rings. The van der Waals surface area contributed by atoms with Crippen LogP contribution in [0.1, 0.15) is 296 Å². The summed E-state index contributed by atoms with van der Waals surface area (Å²) in [6.45, 7) is 4.31. The van der Waals surface area contributed by atoms with Crippen LogP contribution in [0.3, 0.4) is 0 Å². The molecule has 1 heterocycles. The van der Waals surface area contributed by atoms with Gasteiger partial charge in [-0.2, -0.15) is 0 Å². The molecule has 72 heavy (non-hydrogen) atoms. The van der Waals surface area contributed by atoms with E-state index in [0.29, 0.717) is 24.9 Å². The molecule has 4 bridgehead atoms. The van der Waals surface area contributed by atoms with E-state index in [9.17, 15) is 30.3 Å². The largest absolute Gasteiger partial charge is 0.394 e. The lowest BCUT2D eigenvalue weighted by atomic mass is 9.49. The molecular formula is C62H117NO9. The maximum absolute atomic E-state index is 13.4. The summed E-state index contributed by atoms with van der Waals surface area (Å²) in [5, 5.41) is 58.6. The molecule has 6 N–H and O–H groups in total. The molecule has 0 unspecified atom stereocenters. The molecule has 0 spiro atoms. The van der Waals surface area contributed by atoms with Crippen LogP contribution < -0.4 is 5.32 Å². The lowest BCUT2D eigenvalue weighted by Crippen LogP contribution is -2.61. The van der Waals surface area contributed by atoms with Crippen LogP contribution in [0.5, 0.6) is 0 Å². The zero-order valence-corrected chi connectivity index (χ0v) is 47.0. The van der Waals surface area contributed by atoms with Gasteiger partial charge in [0.2, 0.25) is 5.91 Å². The number of carbonyl (C=O) groups is 1. The molecule has 1 amide bonds. The van der Waals surface area contributed by atoms with E-state index in [1.807, 2.05) is 0 Å². The van der Waals surface area contributed by atoms with Gasteiger partial charge in [-0.3, -0.25) is 4.79 Å². The molecular weight excluding hydrogens is 903 g/mol. The Morgan fingerprint density at radius 3 is 1.35 bits per heavy atom. The molecule has 0 radical (unpaired) electrons. The second kappa shape index (κ2) is 39.5. The van der Waals surface area contributed by atoms with Crippen LogP contribution in [-0.4, -0.2) is 100 Å². The maximum Gasteiger partial charge on any atom is 0.220 e. The van der Waals surface area contributed by atoms with E-state index in [2.05, 4.69) is 19.2 Å². The van der Waals surface area contributed by atoms with E-state index < -0.39 is 55.6 Å². The summed E-state index contributed by atoms with van der Waals surface area (Å²) in [5.41, 5.74) is 0.302. The number of aliphatic hydroxyl groups excluding tert-OH is 5. The Hall–Kier alpha value is -0.850. The summed E-state index contributed by atoms with van der Waals surface area (Å²) in [7, 11) is 0. The summed E-state index contributed by atoms with van der Waals surface area (Å²) < 4.78 is 18.3. The van der Waals surface area contributed by atoms with Crippen LogP contribution in [0.25, 0.3) is 0 Å². The van der Waals surface area contributed by atoms with Gasteiger partial charge in [-0.15, -0.1) is 0 Å². The highest BCUT2D eigenvalue weighted by molar-refractivity contribution is 5.76. The van der Waals surface area contributed by atoms with Gasteiger partial charge in [0.1, 0.15) is 30.5 Å². The van der Waals surface area contributed by atoms with Crippen LogP contribution in [0, 0.1) is 23.2 Å². The van der Waals surface area contributed by atoms with E-state index in [4.69, 9.17) is 14.2 Å². The lowest BCUT2D eigenvalue weighted by molar-refractivity contribution is -0.310. The number of rotatable bonds is 48. The van der Waals surface area contributed by atoms with Gasteiger partial charge in [0.25, 0.3) is 0 Å². The zero-order chi connectivity index (χ0) is 51.5. The molecule has 8 atom stereocenters. The fraction of sp³-hybridized carbons (Fsp3) is 0.984. The van der Waals surface area contributed by atoms with E-state index in [1.165, 1.54) is 225 Å². The van der Waals surface area contributed by atoms with Crippen molar-refractivity contribution in [3.05, 3.63) is 0 Å². The minimum absolute atomic E-state index is 0.213. The van der Waals surface area contributed by atoms with Gasteiger partial charge in [-0.25, -0.2) is 0 Å². The van der Waals surface area contributed by atoms with Crippen molar-refractivity contribution >= 4 is 5.91 Å². The van der Waals surface area contributed by atoms with Crippen LogP contribution in [-0.2, 0) is 19.0 Å². The van der Waals surface area contributed by atoms with Crippen molar-refractivity contribution in [1.82, 2.24) is 5.32 Å². The monoisotopic (exact) mass is 1020 g/mol. The molecule has 0 aromatic heterocycles. The molecule has 1 saturated heterocycles. The number of ether oxygens (including phenoxy) is 3. The summed E-state index contributed by atoms with van der Waals surface area (Å²) in [6.07, 6.45) is 45.9. The number of nitrogens with one attached hydrogen (secondary N) is 1. The summed E-state index contributed by atoms with van der Waals surface area (Å²) in [5.74, 6) is 2.27. The van der Waals surface area contributed by atoms with Crippen molar-refractivity contribution in [2.75, 3.05) is 19.8 Å². The first-order valence-electron chi connectivity index (χ1n) is 31.7. The Kier molecular flexibility index (Phi) is 34.9. The highest BCUT2D eigenvalue weighted by Gasteiger charge is 2.51. The Morgan fingerprint density at radius 1 is 0.556 bits per heavy atom. The Bertz CT molecular complexity index is 1270. The summed E-state index contributed by atoms with van der Waals surface area (Å²) in [4.78, 5) is 13.4. The first-order chi connectivity index (χ1) is 35.2. The van der Waals surface area contributed by atoms with Crippen molar-refractivity contribution in [1.29, 1.82) is 0 Å². The molecule has 4 saturated carbocycles. The molecule has 5 rings (SSSR count). The second-order valence-electron chi connectivity index (χ2n) is 24.5. The standard InChI is InChI=1S/C62H117NO9/c1-3-5-7-9-11-13-15-17-18-19-20-21-22-23-24-25-26-27-29-31-33-35-37-39-56(66)63-53(57(67)54(65)38-36-34-32-30-28-16-14-12-10-8-6-4-2)49-71-61-59(69)58(68)60(55(48-64)72-61)70-41-40-62-45-50-42-51(46-62)44-52(43-50)47-62/h50-55,57-61,64-65,67-69H,3-49H2,1-2H3,(H,63,66)/t50?,51?,52?,53-,54+,55+,57-,58+,59+,60-,61-,62?/m0/s1. The molecule has 5 aliphatic rings. The predicted octanol–water partition coefficient (Wildman–Crippen LogP) is 14.1. The minimum Gasteiger partial charge on any atom is -0.394 e. The number of carbonyl (C=O) groups excluding carboxylic acids is 1. The van der Waals surface area contributed by atoms with Gasteiger partial charge in [0.05, 0.1) is 25.4 Å².